The van der Waals surface area contributed by atoms with Gasteiger partial charge in [-0.25, -0.2) is 4.98 Å². The maximum absolute atomic E-state index is 12.8. The largest absolute Gasteiger partial charge is 0.353 e. The molecule has 1 saturated heterocycles. The molecule has 4 rings (SSSR count). The molecule has 7 nitrogen and oxygen atoms in total. The average Bonchev–Trinajstić information content (AvgIpc) is 3.07. The van der Waals surface area contributed by atoms with Gasteiger partial charge in [0.2, 0.25) is 5.91 Å². The first-order valence-electron chi connectivity index (χ1n) is 8.95. The highest BCUT2D eigenvalue weighted by Gasteiger charge is 2.25. The minimum atomic E-state index is -0.0356. The van der Waals surface area contributed by atoms with E-state index in [0.29, 0.717) is 43.7 Å². The van der Waals surface area contributed by atoms with Crippen LogP contribution in [-0.2, 0) is 11.2 Å². The molecule has 0 unspecified atom stereocenters. The highest BCUT2D eigenvalue weighted by Crippen LogP contribution is 2.25. The number of hydrogen-bond acceptors (Lipinski definition) is 5. The number of benzene rings is 1. The van der Waals surface area contributed by atoms with E-state index < -0.39 is 0 Å². The van der Waals surface area contributed by atoms with Gasteiger partial charge < -0.3 is 15.1 Å². The smallest absolute Gasteiger partial charge is 0.253 e. The van der Waals surface area contributed by atoms with Crippen molar-refractivity contribution < 1.29 is 14.4 Å². The first kappa shape index (κ1) is 17.2. The number of carbonyl (C=O) groups is 3. The van der Waals surface area contributed by atoms with Crippen molar-refractivity contribution in [2.75, 3.05) is 36.4 Å². The fourth-order valence-electron chi connectivity index (χ4n) is 3.46. The Hall–Kier alpha value is -3.22. The third-order valence-corrected chi connectivity index (χ3v) is 5.02. The zero-order valence-electron chi connectivity index (χ0n) is 15.1. The second-order valence-corrected chi connectivity index (χ2v) is 6.84. The zero-order chi connectivity index (χ0) is 19.0. The molecule has 3 heterocycles. The number of piperazine rings is 1. The van der Waals surface area contributed by atoms with E-state index in [1.54, 1.807) is 24.4 Å². The summed E-state index contributed by atoms with van der Waals surface area (Å²) < 4.78 is 0. The molecule has 1 N–H and O–H groups in total. The third-order valence-electron chi connectivity index (χ3n) is 5.02. The standard InChI is InChI=1S/C20H20N4O3/c1-13(25)15-3-5-18(21-12-15)23-6-8-24(9-7-23)20(27)14-2-4-17-16(10-14)11-19(26)22-17/h2-5,10,12H,6-9,11H2,1H3,(H,22,26). The molecule has 0 atom stereocenters. The number of rotatable bonds is 3. The van der Waals surface area contributed by atoms with E-state index in [1.807, 2.05) is 17.0 Å². The summed E-state index contributed by atoms with van der Waals surface area (Å²) in [6.45, 7) is 4.09. The van der Waals surface area contributed by atoms with Crippen LogP contribution in [0.2, 0.25) is 0 Å². The van der Waals surface area contributed by atoms with Gasteiger partial charge in [-0.05, 0) is 42.8 Å². The van der Waals surface area contributed by atoms with E-state index in [2.05, 4.69) is 15.2 Å². The van der Waals surface area contributed by atoms with Gasteiger partial charge in [0.05, 0.1) is 6.42 Å². The molecule has 0 bridgehead atoms. The number of pyridine rings is 1. The van der Waals surface area contributed by atoms with Crippen molar-refractivity contribution in [2.45, 2.75) is 13.3 Å². The van der Waals surface area contributed by atoms with Gasteiger partial charge in [0.1, 0.15) is 5.82 Å². The number of nitrogens with one attached hydrogen (secondary N) is 1. The van der Waals surface area contributed by atoms with E-state index in [1.165, 1.54) is 6.92 Å². The first-order valence-corrected chi connectivity index (χ1v) is 8.95. The molecule has 0 radical (unpaired) electrons. The molecule has 0 spiro atoms. The number of carbonyl (C=O) groups excluding carboxylic acids is 3. The van der Waals surface area contributed by atoms with Crippen LogP contribution < -0.4 is 10.2 Å². The normalized spacial score (nSPS) is 16.1. The van der Waals surface area contributed by atoms with Gasteiger partial charge in [0.15, 0.2) is 5.78 Å². The number of ketones is 1. The summed E-state index contributed by atoms with van der Waals surface area (Å²) in [6.07, 6.45) is 1.92. The van der Waals surface area contributed by atoms with Crippen molar-refractivity contribution in [3.8, 4) is 0 Å². The maximum atomic E-state index is 12.8. The van der Waals surface area contributed by atoms with Gasteiger partial charge in [-0.3, -0.25) is 14.4 Å². The first-order chi connectivity index (χ1) is 13.0. The van der Waals surface area contributed by atoms with E-state index >= 15 is 0 Å². The summed E-state index contributed by atoms with van der Waals surface area (Å²) >= 11 is 0. The van der Waals surface area contributed by atoms with E-state index in [4.69, 9.17) is 0 Å². The minimum Gasteiger partial charge on any atom is -0.353 e. The molecule has 0 aliphatic carbocycles. The monoisotopic (exact) mass is 364 g/mol. The number of anilines is 2. The van der Waals surface area contributed by atoms with Crippen molar-refractivity contribution >= 4 is 29.1 Å². The Morgan fingerprint density at radius 1 is 1.04 bits per heavy atom. The zero-order valence-corrected chi connectivity index (χ0v) is 15.1. The van der Waals surface area contributed by atoms with Crippen LogP contribution in [0.1, 0.15) is 33.2 Å². The molecule has 1 aromatic carbocycles. The van der Waals surface area contributed by atoms with E-state index in [-0.39, 0.29) is 17.6 Å². The SMILES string of the molecule is CC(=O)c1ccc(N2CCN(C(=O)c3ccc4c(c3)CC(=O)N4)CC2)nc1. The van der Waals surface area contributed by atoms with Gasteiger partial charge >= 0.3 is 0 Å². The van der Waals surface area contributed by atoms with Crippen LogP contribution in [0.4, 0.5) is 11.5 Å². The van der Waals surface area contributed by atoms with Crippen molar-refractivity contribution in [3.05, 3.63) is 53.2 Å². The predicted octanol–water partition coefficient (Wildman–Crippen LogP) is 1.74. The Balaban J connectivity index is 1.40. The van der Waals surface area contributed by atoms with E-state index in [9.17, 15) is 14.4 Å². The average molecular weight is 364 g/mol. The number of Topliss-reactive ketones (excluding diaryl/α,β-unsaturated/α-hetero) is 1. The van der Waals surface area contributed by atoms with Crippen LogP contribution in [0.3, 0.4) is 0 Å². The highest BCUT2D eigenvalue weighted by atomic mass is 16.2. The van der Waals surface area contributed by atoms with Crippen molar-refractivity contribution in [3.63, 3.8) is 0 Å². The summed E-state index contributed by atoms with van der Waals surface area (Å²) in [5.41, 5.74) is 2.88. The fourth-order valence-corrected chi connectivity index (χ4v) is 3.46. The fraction of sp³-hybridized carbons (Fsp3) is 0.300. The van der Waals surface area contributed by atoms with Crippen LogP contribution in [-0.4, -0.2) is 53.7 Å². The van der Waals surface area contributed by atoms with Crippen LogP contribution in [0.15, 0.2) is 36.5 Å². The molecule has 0 saturated carbocycles. The number of hydrogen-bond donors (Lipinski definition) is 1. The Morgan fingerprint density at radius 2 is 1.78 bits per heavy atom. The molecule has 1 fully saturated rings. The summed E-state index contributed by atoms with van der Waals surface area (Å²) in [4.78, 5) is 43.9. The van der Waals surface area contributed by atoms with Gasteiger partial charge in [0, 0.05) is 49.2 Å². The summed E-state index contributed by atoms with van der Waals surface area (Å²) in [7, 11) is 0. The number of aromatic nitrogens is 1. The summed E-state index contributed by atoms with van der Waals surface area (Å²) in [6, 6.07) is 9.00. The van der Waals surface area contributed by atoms with Crippen molar-refractivity contribution in [1.29, 1.82) is 0 Å². The Kier molecular flexibility index (Phi) is 4.35. The van der Waals surface area contributed by atoms with Gasteiger partial charge in [-0.2, -0.15) is 0 Å². The lowest BCUT2D eigenvalue weighted by Gasteiger charge is -2.35. The number of nitrogens with zero attached hydrogens (tertiary/aromatic N) is 3. The van der Waals surface area contributed by atoms with Crippen molar-refractivity contribution in [1.82, 2.24) is 9.88 Å². The lowest BCUT2D eigenvalue weighted by molar-refractivity contribution is -0.115. The molecular weight excluding hydrogens is 344 g/mol. The summed E-state index contributed by atoms with van der Waals surface area (Å²) in [5, 5.41) is 2.78. The van der Waals surface area contributed by atoms with Crippen LogP contribution in [0, 0.1) is 0 Å². The van der Waals surface area contributed by atoms with Gasteiger partial charge in [-0.15, -0.1) is 0 Å². The molecule has 2 amide bonds. The Labute approximate surface area is 157 Å². The molecular formula is C20H20N4O3. The van der Waals surface area contributed by atoms with Crippen LogP contribution in [0.5, 0.6) is 0 Å². The quantitative estimate of drug-likeness (QED) is 0.839. The maximum Gasteiger partial charge on any atom is 0.253 e. The van der Waals surface area contributed by atoms with Gasteiger partial charge in [0.25, 0.3) is 5.91 Å². The van der Waals surface area contributed by atoms with Crippen molar-refractivity contribution in [2.24, 2.45) is 0 Å². The lowest BCUT2D eigenvalue weighted by atomic mass is 10.1. The van der Waals surface area contributed by atoms with E-state index in [0.717, 1.165) is 17.1 Å². The molecule has 138 valence electrons. The second kappa shape index (κ2) is 6.83. The topological polar surface area (TPSA) is 82.6 Å². The van der Waals surface area contributed by atoms with Gasteiger partial charge in [-0.1, -0.05) is 0 Å². The molecule has 7 heteroatoms. The Bertz CT molecular complexity index is 915. The molecule has 2 aromatic rings. The lowest BCUT2D eigenvalue weighted by Crippen LogP contribution is -2.49. The molecule has 27 heavy (non-hydrogen) atoms. The number of amides is 2. The Morgan fingerprint density at radius 3 is 2.44 bits per heavy atom. The van der Waals surface area contributed by atoms with Crippen LogP contribution >= 0.6 is 0 Å². The number of fused-ring (bicyclic) bond motifs is 1. The second-order valence-electron chi connectivity index (χ2n) is 6.84. The third kappa shape index (κ3) is 3.40. The minimum absolute atomic E-state index is 0.00397. The molecule has 2 aliphatic heterocycles. The molecule has 1 aromatic heterocycles. The predicted molar refractivity (Wildman–Crippen MR) is 101 cm³/mol. The van der Waals surface area contributed by atoms with Crippen LogP contribution in [0.25, 0.3) is 0 Å². The molecule has 2 aliphatic rings. The highest BCUT2D eigenvalue weighted by molar-refractivity contribution is 6.01. The summed E-state index contributed by atoms with van der Waals surface area (Å²) in [5.74, 6) is 0.758.